The van der Waals surface area contributed by atoms with Crippen molar-refractivity contribution >= 4 is 10.0 Å². The summed E-state index contributed by atoms with van der Waals surface area (Å²) in [6, 6.07) is 2.41. The third-order valence-electron chi connectivity index (χ3n) is 2.38. The quantitative estimate of drug-likeness (QED) is 0.703. The molecule has 0 aliphatic heterocycles. The van der Waals surface area contributed by atoms with E-state index in [4.69, 9.17) is 4.74 Å². The molecule has 7 heteroatoms. The Morgan fingerprint density at radius 3 is 2.79 bits per heavy atom. The molecule has 0 radical (unpaired) electrons. The first-order chi connectivity index (χ1) is 9.08. The number of ether oxygens (including phenoxy) is 1. The van der Waals surface area contributed by atoms with Crippen molar-refractivity contribution in [2.75, 3.05) is 19.8 Å². The first-order valence-electron chi connectivity index (χ1n) is 6.26. The average Bonchev–Trinajstić information content (AvgIpc) is 2.38. The predicted octanol–water partition coefficient (Wildman–Crippen LogP) is 1.71. The van der Waals surface area contributed by atoms with Gasteiger partial charge in [0, 0.05) is 26.0 Å². The molecule has 0 aliphatic rings. The van der Waals surface area contributed by atoms with Gasteiger partial charge in [-0.1, -0.05) is 13.3 Å². The minimum atomic E-state index is -3.88. The molecule has 0 amide bonds. The van der Waals surface area contributed by atoms with Crippen LogP contribution in [0, 0.1) is 5.82 Å². The third-order valence-corrected chi connectivity index (χ3v) is 3.77. The van der Waals surface area contributed by atoms with Crippen molar-refractivity contribution in [1.82, 2.24) is 9.71 Å². The Bertz CT molecular complexity index is 480. The molecule has 0 fully saturated rings. The Labute approximate surface area is 113 Å². The zero-order valence-electron chi connectivity index (χ0n) is 10.9. The molecule has 1 rings (SSSR count). The van der Waals surface area contributed by atoms with Gasteiger partial charge in [-0.05, 0) is 25.0 Å². The summed E-state index contributed by atoms with van der Waals surface area (Å²) in [5.74, 6) is -0.853. The van der Waals surface area contributed by atoms with Gasteiger partial charge in [0.2, 0.25) is 5.03 Å². The summed E-state index contributed by atoms with van der Waals surface area (Å²) in [6.07, 6.45) is 3.83. The summed E-state index contributed by atoms with van der Waals surface area (Å²) in [5.41, 5.74) is 0. The zero-order chi connectivity index (χ0) is 14.1. The topological polar surface area (TPSA) is 68.3 Å². The first-order valence-corrected chi connectivity index (χ1v) is 7.74. The molecule has 0 saturated heterocycles. The second kappa shape index (κ2) is 8.19. The smallest absolute Gasteiger partial charge is 0.261 e. The molecule has 1 N–H and O–H groups in total. The molecule has 0 aromatic carbocycles. The minimum absolute atomic E-state index is 0.199. The van der Waals surface area contributed by atoms with Crippen LogP contribution in [0.5, 0.6) is 0 Å². The Morgan fingerprint density at radius 2 is 2.11 bits per heavy atom. The number of halogens is 1. The van der Waals surface area contributed by atoms with Gasteiger partial charge < -0.3 is 4.74 Å². The van der Waals surface area contributed by atoms with Gasteiger partial charge in [0.1, 0.15) is 0 Å². The lowest BCUT2D eigenvalue weighted by atomic mass is 10.4. The van der Waals surface area contributed by atoms with Crippen LogP contribution in [-0.4, -0.2) is 33.2 Å². The Hall–Kier alpha value is -1.05. The van der Waals surface area contributed by atoms with Crippen LogP contribution >= 0.6 is 0 Å². The lowest BCUT2D eigenvalue weighted by molar-refractivity contribution is 0.130. The minimum Gasteiger partial charge on any atom is -0.381 e. The van der Waals surface area contributed by atoms with Crippen LogP contribution in [0.15, 0.2) is 23.4 Å². The van der Waals surface area contributed by atoms with Gasteiger partial charge in [-0.3, -0.25) is 0 Å². The molecule has 0 aliphatic carbocycles. The predicted molar refractivity (Wildman–Crippen MR) is 69.7 cm³/mol. The number of nitrogens with one attached hydrogen (secondary N) is 1. The summed E-state index contributed by atoms with van der Waals surface area (Å²) >= 11 is 0. The maximum atomic E-state index is 13.3. The maximum Gasteiger partial charge on any atom is 0.261 e. The van der Waals surface area contributed by atoms with Crippen molar-refractivity contribution in [1.29, 1.82) is 0 Å². The number of rotatable bonds is 9. The molecule has 1 aromatic rings. The molecule has 0 saturated carbocycles. The van der Waals surface area contributed by atoms with E-state index in [1.165, 1.54) is 12.3 Å². The van der Waals surface area contributed by atoms with E-state index in [-0.39, 0.29) is 6.54 Å². The van der Waals surface area contributed by atoms with E-state index in [1.54, 1.807) is 0 Å². The lowest BCUT2D eigenvalue weighted by Gasteiger charge is -2.07. The van der Waals surface area contributed by atoms with Crippen molar-refractivity contribution in [2.45, 2.75) is 31.2 Å². The van der Waals surface area contributed by atoms with E-state index < -0.39 is 20.9 Å². The van der Waals surface area contributed by atoms with E-state index in [0.717, 1.165) is 18.9 Å². The number of aromatic nitrogens is 1. The van der Waals surface area contributed by atoms with E-state index >= 15 is 0 Å². The highest BCUT2D eigenvalue weighted by molar-refractivity contribution is 7.89. The average molecular weight is 290 g/mol. The monoisotopic (exact) mass is 290 g/mol. The fourth-order valence-electron chi connectivity index (χ4n) is 1.37. The standard InChI is InChI=1S/C12H19FN2O3S/c1-2-3-9-18-10-5-8-15-19(16,17)12-11(13)6-4-7-14-12/h4,6-7,15H,2-3,5,8-10H2,1H3. The van der Waals surface area contributed by atoms with Crippen LogP contribution in [-0.2, 0) is 14.8 Å². The normalized spacial score (nSPS) is 11.7. The molecular formula is C12H19FN2O3S. The summed E-state index contributed by atoms with van der Waals surface area (Å²) in [4.78, 5) is 3.53. The van der Waals surface area contributed by atoms with Gasteiger partial charge in [0.25, 0.3) is 10.0 Å². The Balaban J connectivity index is 2.34. The molecule has 1 aromatic heterocycles. The molecule has 0 atom stereocenters. The Kier molecular flexibility index (Phi) is 6.90. The van der Waals surface area contributed by atoms with Crippen LogP contribution in [0.2, 0.25) is 0 Å². The highest BCUT2D eigenvalue weighted by Gasteiger charge is 2.19. The van der Waals surface area contributed by atoms with E-state index in [1.807, 2.05) is 0 Å². The fourth-order valence-corrected chi connectivity index (χ4v) is 2.44. The highest BCUT2D eigenvalue weighted by Crippen LogP contribution is 2.09. The molecule has 0 spiro atoms. The van der Waals surface area contributed by atoms with Crippen LogP contribution in [0.4, 0.5) is 4.39 Å². The van der Waals surface area contributed by atoms with Crippen molar-refractivity contribution in [3.05, 3.63) is 24.1 Å². The second-order valence-electron chi connectivity index (χ2n) is 4.01. The van der Waals surface area contributed by atoms with Crippen molar-refractivity contribution < 1.29 is 17.5 Å². The highest BCUT2D eigenvalue weighted by atomic mass is 32.2. The van der Waals surface area contributed by atoms with Crippen molar-refractivity contribution in [3.8, 4) is 0 Å². The second-order valence-corrected chi connectivity index (χ2v) is 5.69. The summed E-state index contributed by atoms with van der Waals surface area (Å²) in [7, 11) is -3.88. The van der Waals surface area contributed by atoms with Gasteiger partial charge >= 0.3 is 0 Å². The molecule has 108 valence electrons. The zero-order valence-corrected chi connectivity index (χ0v) is 11.7. The number of nitrogens with zero attached hydrogens (tertiary/aromatic N) is 1. The summed E-state index contributed by atoms with van der Waals surface area (Å²) in [6.45, 7) is 3.43. The molecule has 5 nitrogen and oxygen atoms in total. The summed E-state index contributed by atoms with van der Waals surface area (Å²) < 4.78 is 44.4. The number of pyridine rings is 1. The molecule has 0 bridgehead atoms. The van der Waals surface area contributed by atoms with Crippen molar-refractivity contribution in [3.63, 3.8) is 0 Å². The van der Waals surface area contributed by atoms with Crippen LogP contribution < -0.4 is 4.72 Å². The fraction of sp³-hybridized carbons (Fsp3) is 0.583. The maximum absolute atomic E-state index is 13.3. The van der Waals surface area contributed by atoms with Crippen LogP contribution in [0.1, 0.15) is 26.2 Å². The van der Waals surface area contributed by atoms with Gasteiger partial charge in [0.15, 0.2) is 5.82 Å². The number of hydrogen-bond acceptors (Lipinski definition) is 4. The van der Waals surface area contributed by atoms with E-state index in [9.17, 15) is 12.8 Å². The Morgan fingerprint density at radius 1 is 1.37 bits per heavy atom. The largest absolute Gasteiger partial charge is 0.381 e. The van der Waals surface area contributed by atoms with Crippen molar-refractivity contribution in [2.24, 2.45) is 0 Å². The van der Waals surface area contributed by atoms with Crippen LogP contribution in [0.3, 0.4) is 0 Å². The number of hydrogen-bond donors (Lipinski definition) is 1. The van der Waals surface area contributed by atoms with Gasteiger partial charge in [0.05, 0.1) is 0 Å². The molecule has 1 heterocycles. The van der Waals surface area contributed by atoms with Gasteiger partial charge in [-0.2, -0.15) is 0 Å². The first kappa shape index (κ1) is 16.0. The van der Waals surface area contributed by atoms with Crippen LogP contribution in [0.25, 0.3) is 0 Å². The number of sulfonamides is 1. The number of unbranched alkanes of at least 4 members (excludes halogenated alkanes) is 1. The summed E-state index contributed by atoms with van der Waals surface area (Å²) in [5, 5.41) is -0.568. The van der Waals surface area contributed by atoms with E-state index in [2.05, 4.69) is 16.6 Å². The third kappa shape index (κ3) is 5.63. The molecule has 0 unspecified atom stereocenters. The SMILES string of the molecule is CCCCOCCCNS(=O)(=O)c1ncccc1F. The molecule has 19 heavy (non-hydrogen) atoms. The van der Waals surface area contributed by atoms with Gasteiger partial charge in [-0.15, -0.1) is 0 Å². The molecular weight excluding hydrogens is 271 g/mol. The van der Waals surface area contributed by atoms with Gasteiger partial charge in [-0.25, -0.2) is 22.5 Å². The van der Waals surface area contributed by atoms with E-state index in [0.29, 0.717) is 19.6 Å². The lowest BCUT2D eigenvalue weighted by Crippen LogP contribution is -2.27.